The van der Waals surface area contributed by atoms with E-state index in [-0.39, 0.29) is 5.54 Å². The smallest absolute Gasteiger partial charge is 0.223 e. The van der Waals surface area contributed by atoms with Crippen molar-refractivity contribution in [3.8, 4) is 0 Å². The number of carbonyl (C=O) groups excluding carboxylic acids is 1. The Labute approximate surface area is 133 Å². The molecule has 118 valence electrons. The second kappa shape index (κ2) is 5.69. The fourth-order valence-electron chi connectivity index (χ4n) is 4.23. The third kappa shape index (κ3) is 2.79. The monoisotopic (exact) mass is 298 g/mol. The van der Waals surface area contributed by atoms with Crippen LogP contribution in [0.4, 0.5) is 0 Å². The number of amides is 1. The third-order valence-corrected chi connectivity index (χ3v) is 5.86. The lowest BCUT2D eigenvalue weighted by atomic mass is 9.84. The van der Waals surface area contributed by atoms with Gasteiger partial charge >= 0.3 is 0 Å². The van der Waals surface area contributed by atoms with Crippen molar-refractivity contribution in [1.82, 2.24) is 9.80 Å². The van der Waals surface area contributed by atoms with Gasteiger partial charge in [-0.3, -0.25) is 4.79 Å². The van der Waals surface area contributed by atoms with E-state index in [0.29, 0.717) is 5.91 Å². The van der Waals surface area contributed by atoms with Crippen molar-refractivity contribution in [1.29, 1.82) is 0 Å². The molecule has 2 aliphatic heterocycles. The highest BCUT2D eigenvalue weighted by molar-refractivity contribution is 5.79. The van der Waals surface area contributed by atoms with E-state index in [2.05, 4.69) is 34.1 Å². The normalized spacial score (nSPS) is 25.1. The SMILES string of the molecule is O=C1CCC2(CCN(CC3CC3)CC2)N1Cc1ccccc1. The van der Waals surface area contributed by atoms with E-state index >= 15 is 0 Å². The van der Waals surface area contributed by atoms with Gasteiger partial charge in [0.25, 0.3) is 0 Å². The fourth-order valence-corrected chi connectivity index (χ4v) is 4.23. The van der Waals surface area contributed by atoms with Gasteiger partial charge < -0.3 is 9.80 Å². The van der Waals surface area contributed by atoms with Gasteiger partial charge in [-0.1, -0.05) is 30.3 Å². The van der Waals surface area contributed by atoms with Gasteiger partial charge in [-0.25, -0.2) is 0 Å². The van der Waals surface area contributed by atoms with Gasteiger partial charge in [-0.2, -0.15) is 0 Å². The first-order valence-corrected chi connectivity index (χ1v) is 8.82. The molecule has 1 aromatic rings. The molecule has 3 fully saturated rings. The summed E-state index contributed by atoms with van der Waals surface area (Å²) in [5, 5.41) is 0. The largest absolute Gasteiger partial charge is 0.333 e. The molecular formula is C19H26N2O. The molecule has 0 bridgehead atoms. The zero-order valence-corrected chi connectivity index (χ0v) is 13.3. The summed E-state index contributed by atoms with van der Waals surface area (Å²) in [6.45, 7) is 4.44. The molecule has 0 unspecified atom stereocenters. The average molecular weight is 298 g/mol. The van der Waals surface area contributed by atoms with Crippen molar-refractivity contribution < 1.29 is 4.79 Å². The maximum atomic E-state index is 12.4. The maximum absolute atomic E-state index is 12.4. The Morgan fingerprint density at radius 2 is 1.77 bits per heavy atom. The average Bonchev–Trinajstić information content (AvgIpc) is 3.32. The number of piperidine rings is 1. The molecule has 0 aromatic heterocycles. The van der Waals surface area contributed by atoms with E-state index in [9.17, 15) is 4.79 Å². The Hall–Kier alpha value is -1.35. The van der Waals surface area contributed by atoms with E-state index in [1.165, 1.54) is 38.0 Å². The van der Waals surface area contributed by atoms with Gasteiger partial charge in [0.2, 0.25) is 5.91 Å². The Bertz CT molecular complexity index is 530. The zero-order valence-electron chi connectivity index (χ0n) is 13.3. The summed E-state index contributed by atoms with van der Waals surface area (Å²) in [5.74, 6) is 1.33. The van der Waals surface area contributed by atoms with Gasteiger partial charge in [0.15, 0.2) is 0 Å². The molecule has 0 atom stereocenters. The third-order valence-electron chi connectivity index (χ3n) is 5.86. The predicted molar refractivity (Wildman–Crippen MR) is 87.4 cm³/mol. The van der Waals surface area contributed by atoms with E-state index in [0.717, 1.165) is 38.1 Å². The first-order valence-electron chi connectivity index (χ1n) is 8.82. The lowest BCUT2D eigenvalue weighted by Crippen LogP contribution is -2.53. The summed E-state index contributed by atoms with van der Waals surface area (Å²) in [6, 6.07) is 10.5. The summed E-state index contributed by atoms with van der Waals surface area (Å²) < 4.78 is 0. The number of hydrogen-bond donors (Lipinski definition) is 0. The van der Waals surface area contributed by atoms with Crippen LogP contribution in [0.3, 0.4) is 0 Å². The van der Waals surface area contributed by atoms with Crippen LogP contribution in [0.15, 0.2) is 30.3 Å². The molecule has 1 aromatic carbocycles. The van der Waals surface area contributed by atoms with Crippen LogP contribution in [0.1, 0.15) is 44.1 Å². The molecule has 3 heteroatoms. The lowest BCUT2D eigenvalue weighted by Gasteiger charge is -2.45. The van der Waals surface area contributed by atoms with E-state index < -0.39 is 0 Å². The maximum Gasteiger partial charge on any atom is 0.223 e. The molecule has 3 nitrogen and oxygen atoms in total. The molecule has 0 radical (unpaired) electrons. The molecule has 1 aliphatic carbocycles. The van der Waals surface area contributed by atoms with E-state index in [4.69, 9.17) is 0 Å². The van der Waals surface area contributed by atoms with Gasteiger partial charge in [0, 0.05) is 38.1 Å². The Kier molecular flexibility index (Phi) is 3.69. The number of benzene rings is 1. The highest BCUT2D eigenvalue weighted by Crippen LogP contribution is 2.41. The minimum atomic E-state index is 0.146. The van der Waals surface area contributed by atoms with Crippen molar-refractivity contribution in [2.75, 3.05) is 19.6 Å². The number of hydrogen-bond acceptors (Lipinski definition) is 2. The summed E-state index contributed by atoms with van der Waals surface area (Å²) in [6.07, 6.45) is 7.00. The van der Waals surface area contributed by atoms with Gasteiger partial charge in [0.1, 0.15) is 0 Å². The molecule has 2 heterocycles. The molecule has 2 saturated heterocycles. The first-order chi connectivity index (χ1) is 10.8. The second-order valence-electron chi connectivity index (χ2n) is 7.43. The van der Waals surface area contributed by atoms with Crippen molar-refractivity contribution in [3.63, 3.8) is 0 Å². The van der Waals surface area contributed by atoms with Crippen LogP contribution >= 0.6 is 0 Å². The van der Waals surface area contributed by atoms with Crippen molar-refractivity contribution in [3.05, 3.63) is 35.9 Å². The van der Waals surface area contributed by atoms with Crippen LogP contribution in [0.5, 0.6) is 0 Å². The first kappa shape index (κ1) is 14.3. The summed E-state index contributed by atoms with van der Waals surface area (Å²) in [5.41, 5.74) is 1.41. The molecule has 3 aliphatic rings. The van der Waals surface area contributed by atoms with E-state index in [1.54, 1.807) is 0 Å². The van der Waals surface area contributed by atoms with Crippen LogP contribution in [0.2, 0.25) is 0 Å². The molecule has 1 amide bonds. The van der Waals surface area contributed by atoms with Crippen molar-refractivity contribution in [2.45, 2.75) is 50.6 Å². The molecular weight excluding hydrogens is 272 g/mol. The minimum absolute atomic E-state index is 0.146. The Morgan fingerprint density at radius 1 is 1.05 bits per heavy atom. The zero-order chi connectivity index (χ0) is 15.0. The highest BCUT2D eigenvalue weighted by Gasteiger charge is 2.46. The molecule has 22 heavy (non-hydrogen) atoms. The van der Waals surface area contributed by atoms with Crippen molar-refractivity contribution >= 4 is 5.91 Å². The number of likely N-dealkylation sites (tertiary alicyclic amines) is 2. The van der Waals surface area contributed by atoms with Crippen LogP contribution in [-0.2, 0) is 11.3 Å². The Morgan fingerprint density at radius 3 is 2.45 bits per heavy atom. The highest BCUT2D eigenvalue weighted by atomic mass is 16.2. The fraction of sp³-hybridized carbons (Fsp3) is 0.632. The van der Waals surface area contributed by atoms with Crippen LogP contribution in [0.25, 0.3) is 0 Å². The van der Waals surface area contributed by atoms with Gasteiger partial charge in [-0.15, -0.1) is 0 Å². The standard InChI is InChI=1S/C19H26N2O/c22-18-8-9-19(21(18)15-16-4-2-1-3-5-16)10-12-20(13-11-19)14-17-6-7-17/h1-5,17H,6-15H2. The lowest BCUT2D eigenvalue weighted by molar-refractivity contribution is -0.133. The number of carbonyl (C=O) groups is 1. The molecule has 1 saturated carbocycles. The van der Waals surface area contributed by atoms with Crippen LogP contribution in [-0.4, -0.2) is 40.9 Å². The topological polar surface area (TPSA) is 23.6 Å². The quantitative estimate of drug-likeness (QED) is 0.853. The minimum Gasteiger partial charge on any atom is -0.333 e. The van der Waals surface area contributed by atoms with Crippen LogP contribution in [0, 0.1) is 5.92 Å². The summed E-state index contributed by atoms with van der Waals surface area (Å²) in [4.78, 5) is 17.3. The molecule has 0 N–H and O–H groups in total. The van der Waals surface area contributed by atoms with Crippen molar-refractivity contribution in [2.24, 2.45) is 5.92 Å². The summed E-state index contributed by atoms with van der Waals surface area (Å²) in [7, 11) is 0. The number of rotatable bonds is 4. The van der Waals surface area contributed by atoms with Gasteiger partial charge in [0.05, 0.1) is 0 Å². The predicted octanol–water partition coefficient (Wildman–Crippen LogP) is 3.05. The Balaban J connectivity index is 1.44. The van der Waals surface area contributed by atoms with Gasteiger partial charge in [-0.05, 0) is 43.6 Å². The summed E-state index contributed by atoms with van der Waals surface area (Å²) >= 11 is 0. The van der Waals surface area contributed by atoms with E-state index in [1.807, 2.05) is 6.07 Å². The van der Waals surface area contributed by atoms with Crippen LogP contribution < -0.4 is 0 Å². The second-order valence-corrected chi connectivity index (χ2v) is 7.43. The molecule has 1 spiro atoms. The molecule has 4 rings (SSSR count). The number of nitrogens with zero attached hydrogens (tertiary/aromatic N) is 2.